The van der Waals surface area contributed by atoms with Crippen LogP contribution < -0.4 is 5.32 Å². The third-order valence-electron chi connectivity index (χ3n) is 5.73. The first kappa shape index (κ1) is 19.0. The van der Waals surface area contributed by atoms with Crippen molar-refractivity contribution in [1.29, 1.82) is 0 Å². The molecule has 0 saturated heterocycles. The summed E-state index contributed by atoms with van der Waals surface area (Å²) in [6.07, 6.45) is 15.5. The van der Waals surface area contributed by atoms with Gasteiger partial charge in [0.2, 0.25) is 0 Å². The highest BCUT2D eigenvalue weighted by Gasteiger charge is 2.22. The van der Waals surface area contributed by atoms with Crippen LogP contribution in [-0.2, 0) is 6.42 Å². The molecule has 1 atom stereocenters. The summed E-state index contributed by atoms with van der Waals surface area (Å²) in [6, 6.07) is 13.9. The molecule has 26 heavy (non-hydrogen) atoms. The fraction of sp³-hybridized carbons (Fsp3) is 0.520. The highest BCUT2D eigenvalue weighted by atomic mass is 14.9. The first-order valence-electron chi connectivity index (χ1n) is 10.8. The number of benzene rings is 2. The van der Waals surface area contributed by atoms with Crippen molar-refractivity contribution < 1.29 is 0 Å². The molecule has 1 heteroatoms. The van der Waals surface area contributed by atoms with E-state index in [4.69, 9.17) is 0 Å². The second kappa shape index (κ2) is 9.80. The molecule has 0 amide bonds. The van der Waals surface area contributed by atoms with Crippen LogP contribution in [0.3, 0.4) is 0 Å². The van der Waals surface area contributed by atoms with Gasteiger partial charge in [0.15, 0.2) is 0 Å². The van der Waals surface area contributed by atoms with Gasteiger partial charge in [-0.3, -0.25) is 0 Å². The van der Waals surface area contributed by atoms with Crippen LogP contribution in [0.4, 0.5) is 5.69 Å². The Hall–Kier alpha value is -1.76. The Morgan fingerprint density at radius 1 is 0.962 bits per heavy atom. The quantitative estimate of drug-likeness (QED) is 0.343. The van der Waals surface area contributed by atoms with E-state index in [0.29, 0.717) is 6.04 Å². The summed E-state index contributed by atoms with van der Waals surface area (Å²) in [7, 11) is 0. The molecular formula is C25H35N. The molecule has 2 aromatic rings. The van der Waals surface area contributed by atoms with E-state index in [1.54, 1.807) is 5.57 Å². The molecule has 0 spiro atoms. The van der Waals surface area contributed by atoms with Crippen molar-refractivity contribution in [3.8, 4) is 0 Å². The summed E-state index contributed by atoms with van der Waals surface area (Å²) in [5.41, 5.74) is 4.47. The van der Waals surface area contributed by atoms with E-state index in [9.17, 15) is 0 Å². The van der Waals surface area contributed by atoms with Crippen LogP contribution in [0.15, 0.2) is 48.0 Å². The van der Waals surface area contributed by atoms with E-state index >= 15 is 0 Å². The lowest BCUT2D eigenvalue weighted by Gasteiger charge is -2.30. The lowest BCUT2D eigenvalue weighted by Crippen LogP contribution is -2.28. The van der Waals surface area contributed by atoms with Crippen LogP contribution in [0.1, 0.15) is 77.2 Å². The first-order chi connectivity index (χ1) is 12.8. The van der Waals surface area contributed by atoms with Gasteiger partial charge in [0.1, 0.15) is 0 Å². The predicted molar refractivity (Wildman–Crippen MR) is 116 cm³/mol. The summed E-state index contributed by atoms with van der Waals surface area (Å²) in [5.74, 6) is 0. The standard InChI is InChI=1S/C25H35N/c1-3-5-7-8-10-14-20(13-9-6-4-2)24-19-22-17-11-15-21-16-12-18-23(26-24)25(21)22/h11-12,14-18,24,26H,3-10,13,19H2,1-2H3. The predicted octanol–water partition coefficient (Wildman–Crippen LogP) is 7.65. The average Bonchev–Trinajstić information content (AvgIpc) is 2.67. The Bertz CT molecular complexity index is 687. The van der Waals surface area contributed by atoms with Crippen LogP contribution in [0.2, 0.25) is 0 Å². The summed E-state index contributed by atoms with van der Waals surface area (Å²) in [6.45, 7) is 4.58. The van der Waals surface area contributed by atoms with E-state index in [1.807, 2.05) is 0 Å². The molecule has 1 aliphatic heterocycles. The van der Waals surface area contributed by atoms with Gasteiger partial charge in [0, 0.05) is 11.1 Å². The minimum Gasteiger partial charge on any atom is -0.378 e. The smallest absolute Gasteiger partial charge is 0.0514 e. The molecular weight excluding hydrogens is 314 g/mol. The highest BCUT2D eigenvalue weighted by Crippen LogP contribution is 2.35. The second-order valence-electron chi connectivity index (χ2n) is 7.81. The number of hydrogen-bond acceptors (Lipinski definition) is 1. The molecule has 0 fully saturated rings. The molecule has 0 saturated carbocycles. The lowest BCUT2D eigenvalue weighted by atomic mass is 9.87. The van der Waals surface area contributed by atoms with Crippen molar-refractivity contribution in [1.82, 2.24) is 0 Å². The molecule has 1 heterocycles. The van der Waals surface area contributed by atoms with Gasteiger partial charge < -0.3 is 5.32 Å². The number of anilines is 1. The summed E-state index contributed by atoms with van der Waals surface area (Å²) in [5, 5.41) is 6.67. The normalized spacial score (nSPS) is 16.7. The number of unbranched alkanes of at least 4 members (excludes halogenated alkanes) is 6. The minimum atomic E-state index is 0.471. The van der Waals surface area contributed by atoms with Crippen molar-refractivity contribution >= 4 is 16.5 Å². The van der Waals surface area contributed by atoms with Crippen molar-refractivity contribution in [3.05, 3.63) is 53.6 Å². The summed E-state index contributed by atoms with van der Waals surface area (Å²) in [4.78, 5) is 0. The molecule has 0 aliphatic carbocycles. The van der Waals surface area contributed by atoms with Gasteiger partial charge in [-0.15, -0.1) is 0 Å². The maximum atomic E-state index is 3.87. The summed E-state index contributed by atoms with van der Waals surface area (Å²) >= 11 is 0. The van der Waals surface area contributed by atoms with Gasteiger partial charge in [-0.25, -0.2) is 0 Å². The van der Waals surface area contributed by atoms with Crippen molar-refractivity contribution in [2.45, 2.75) is 84.1 Å². The Morgan fingerprint density at radius 2 is 1.73 bits per heavy atom. The van der Waals surface area contributed by atoms with Gasteiger partial charge in [-0.1, -0.05) is 87.9 Å². The Kier molecular flexibility index (Phi) is 7.17. The lowest BCUT2D eigenvalue weighted by molar-refractivity contribution is 0.650. The zero-order valence-corrected chi connectivity index (χ0v) is 16.7. The third-order valence-corrected chi connectivity index (χ3v) is 5.73. The van der Waals surface area contributed by atoms with Crippen LogP contribution in [-0.4, -0.2) is 6.04 Å². The minimum absolute atomic E-state index is 0.471. The molecule has 3 rings (SSSR count). The van der Waals surface area contributed by atoms with Crippen LogP contribution >= 0.6 is 0 Å². The molecule has 1 nitrogen and oxygen atoms in total. The van der Waals surface area contributed by atoms with Crippen molar-refractivity contribution in [2.24, 2.45) is 0 Å². The number of hydrogen-bond donors (Lipinski definition) is 1. The van der Waals surface area contributed by atoms with E-state index in [2.05, 4.69) is 61.6 Å². The molecule has 140 valence electrons. The van der Waals surface area contributed by atoms with Gasteiger partial charge in [-0.05, 0) is 49.1 Å². The maximum absolute atomic E-state index is 3.87. The van der Waals surface area contributed by atoms with E-state index in [-0.39, 0.29) is 0 Å². The van der Waals surface area contributed by atoms with Crippen LogP contribution in [0.25, 0.3) is 10.8 Å². The zero-order valence-electron chi connectivity index (χ0n) is 16.7. The van der Waals surface area contributed by atoms with E-state index in [1.165, 1.54) is 79.8 Å². The fourth-order valence-corrected chi connectivity index (χ4v) is 4.25. The molecule has 1 aliphatic rings. The summed E-state index contributed by atoms with van der Waals surface area (Å²) < 4.78 is 0. The van der Waals surface area contributed by atoms with Gasteiger partial charge in [0.05, 0.1) is 6.04 Å². The number of nitrogens with one attached hydrogen (secondary N) is 1. The third kappa shape index (κ3) is 4.69. The fourth-order valence-electron chi connectivity index (χ4n) is 4.25. The average molecular weight is 350 g/mol. The molecule has 0 aromatic heterocycles. The number of allylic oxidation sites excluding steroid dienone is 1. The van der Waals surface area contributed by atoms with Gasteiger partial charge in [0.25, 0.3) is 0 Å². The van der Waals surface area contributed by atoms with E-state index in [0.717, 1.165) is 6.42 Å². The van der Waals surface area contributed by atoms with Gasteiger partial charge >= 0.3 is 0 Å². The molecule has 0 bridgehead atoms. The molecule has 2 aromatic carbocycles. The monoisotopic (exact) mass is 349 g/mol. The molecule has 1 N–H and O–H groups in total. The molecule has 1 unspecified atom stereocenters. The van der Waals surface area contributed by atoms with E-state index < -0.39 is 0 Å². The topological polar surface area (TPSA) is 12.0 Å². The van der Waals surface area contributed by atoms with Gasteiger partial charge in [-0.2, -0.15) is 0 Å². The van der Waals surface area contributed by atoms with Crippen molar-refractivity contribution in [2.75, 3.05) is 5.32 Å². The SMILES string of the molecule is CCCCCCC=C(CCCCC)C1Cc2cccc3cccc(c23)N1. The van der Waals surface area contributed by atoms with Crippen LogP contribution in [0.5, 0.6) is 0 Å². The Labute approximate surface area is 159 Å². The van der Waals surface area contributed by atoms with Crippen molar-refractivity contribution in [3.63, 3.8) is 0 Å². The largest absolute Gasteiger partial charge is 0.378 e. The second-order valence-corrected chi connectivity index (χ2v) is 7.81. The number of rotatable bonds is 10. The maximum Gasteiger partial charge on any atom is 0.0514 e. The van der Waals surface area contributed by atoms with Crippen LogP contribution in [0, 0.1) is 0 Å². The highest BCUT2D eigenvalue weighted by molar-refractivity contribution is 5.98. The Balaban J connectivity index is 1.75. The Morgan fingerprint density at radius 3 is 2.54 bits per heavy atom. The molecule has 0 radical (unpaired) electrons. The zero-order chi connectivity index (χ0) is 18.2. The first-order valence-corrected chi connectivity index (χ1v) is 10.8.